The summed E-state index contributed by atoms with van der Waals surface area (Å²) in [4.78, 5) is 2.35. The fourth-order valence-corrected chi connectivity index (χ4v) is 1.29. The van der Waals surface area contributed by atoms with Crippen molar-refractivity contribution in [3.05, 3.63) is 0 Å². The molecule has 1 aliphatic rings. The third-order valence-electron chi connectivity index (χ3n) is 2.11. The Labute approximate surface area is 57.0 Å². The molecule has 2 N–H and O–H groups in total. The maximum absolute atomic E-state index is 5.40. The van der Waals surface area contributed by atoms with E-state index in [0.717, 1.165) is 25.0 Å². The van der Waals surface area contributed by atoms with E-state index in [4.69, 9.17) is 5.73 Å². The van der Waals surface area contributed by atoms with Crippen molar-refractivity contribution in [1.82, 2.24) is 4.90 Å². The average molecular weight is 128 g/mol. The molecule has 0 aliphatic heterocycles. The van der Waals surface area contributed by atoms with Gasteiger partial charge >= 0.3 is 0 Å². The van der Waals surface area contributed by atoms with Crippen LogP contribution in [0.25, 0.3) is 0 Å². The molecular weight excluding hydrogens is 112 g/mol. The molecule has 0 aromatic carbocycles. The minimum Gasteiger partial charge on any atom is -0.329 e. The summed E-state index contributed by atoms with van der Waals surface area (Å²) >= 11 is 0. The van der Waals surface area contributed by atoms with Crippen LogP contribution >= 0.6 is 0 Å². The van der Waals surface area contributed by atoms with Gasteiger partial charge in [-0.2, -0.15) is 0 Å². The third-order valence-corrected chi connectivity index (χ3v) is 2.11. The fraction of sp³-hybridized carbons (Fsp3) is 1.00. The van der Waals surface area contributed by atoms with Crippen molar-refractivity contribution in [3.63, 3.8) is 0 Å². The monoisotopic (exact) mass is 128 g/mol. The van der Waals surface area contributed by atoms with E-state index in [1.807, 2.05) is 0 Å². The second kappa shape index (κ2) is 2.67. The van der Waals surface area contributed by atoms with Crippen LogP contribution in [0.15, 0.2) is 0 Å². The lowest BCUT2D eigenvalue weighted by Gasteiger charge is -2.13. The molecule has 2 atom stereocenters. The molecule has 0 radical (unpaired) electrons. The minimum absolute atomic E-state index is 0.791. The van der Waals surface area contributed by atoms with Crippen molar-refractivity contribution in [2.45, 2.75) is 19.4 Å². The van der Waals surface area contributed by atoms with Crippen molar-refractivity contribution >= 4 is 0 Å². The van der Waals surface area contributed by atoms with Crippen molar-refractivity contribution in [2.75, 3.05) is 20.1 Å². The van der Waals surface area contributed by atoms with Crippen LogP contribution in [0.2, 0.25) is 0 Å². The molecule has 1 aliphatic carbocycles. The van der Waals surface area contributed by atoms with Crippen LogP contribution in [0.4, 0.5) is 0 Å². The second-order valence-corrected chi connectivity index (χ2v) is 3.05. The van der Waals surface area contributed by atoms with E-state index in [1.165, 1.54) is 6.42 Å². The van der Waals surface area contributed by atoms with Crippen molar-refractivity contribution < 1.29 is 0 Å². The molecule has 0 bridgehead atoms. The van der Waals surface area contributed by atoms with Gasteiger partial charge < -0.3 is 10.6 Å². The van der Waals surface area contributed by atoms with Crippen LogP contribution in [0.5, 0.6) is 0 Å². The van der Waals surface area contributed by atoms with Crippen LogP contribution in [-0.2, 0) is 0 Å². The molecule has 0 aromatic rings. The number of nitrogens with two attached hydrogens (primary N) is 1. The van der Waals surface area contributed by atoms with Gasteiger partial charge in [0.1, 0.15) is 0 Å². The lowest BCUT2D eigenvalue weighted by atomic mass is 10.4. The highest BCUT2D eigenvalue weighted by atomic mass is 15.2. The average Bonchev–Trinajstić information content (AvgIpc) is 2.47. The minimum atomic E-state index is 0.791. The standard InChI is InChI=1S/C7H16N2/c1-6-5-7(6)9(2)4-3-8/h6-7H,3-5,8H2,1-2H3/t6-,7?/m1/s1. The summed E-state index contributed by atoms with van der Waals surface area (Å²) < 4.78 is 0. The van der Waals surface area contributed by atoms with E-state index in [1.54, 1.807) is 0 Å². The highest BCUT2D eigenvalue weighted by Crippen LogP contribution is 2.33. The van der Waals surface area contributed by atoms with Gasteiger partial charge in [0, 0.05) is 19.1 Å². The zero-order valence-electron chi connectivity index (χ0n) is 6.30. The maximum atomic E-state index is 5.40. The van der Waals surface area contributed by atoms with Gasteiger partial charge in [0.05, 0.1) is 0 Å². The number of rotatable bonds is 3. The first-order valence-corrected chi connectivity index (χ1v) is 3.66. The van der Waals surface area contributed by atoms with Crippen molar-refractivity contribution in [2.24, 2.45) is 11.7 Å². The van der Waals surface area contributed by atoms with Crippen molar-refractivity contribution in [3.8, 4) is 0 Å². The number of nitrogens with zero attached hydrogens (tertiary/aromatic N) is 1. The van der Waals surface area contributed by atoms with E-state index in [-0.39, 0.29) is 0 Å². The second-order valence-electron chi connectivity index (χ2n) is 3.05. The lowest BCUT2D eigenvalue weighted by Crippen LogP contribution is -2.28. The molecule has 0 saturated heterocycles. The quantitative estimate of drug-likeness (QED) is 0.591. The van der Waals surface area contributed by atoms with E-state index in [0.29, 0.717) is 0 Å². The van der Waals surface area contributed by atoms with E-state index in [9.17, 15) is 0 Å². The Morgan fingerprint density at radius 2 is 2.22 bits per heavy atom. The molecule has 0 heterocycles. The highest BCUT2D eigenvalue weighted by molar-refractivity contribution is 4.90. The lowest BCUT2D eigenvalue weighted by molar-refractivity contribution is 0.321. The Morgan fingerprint density at radius 1 is 1.67 bits per heavy atom. The molecule has 1 unspecified atom stereocenters. The summed E-state index contributed by atoms with van der Waals surface area (Å²) in [7, 11) is 2.15. The fourth-order valence-electron chi connectivity index (χ4n) is 1.29. The first-order chi connectivity index (χ1) is 4.25. The third kappa shape index (κ3) is 1.66. The van der Waals surface area contributed by atoms with Gasteiger partial charge in [0.25, 0.3) is 0 Å². The molecule has 0 aromatic heterocycles. The van der Waals surface area contributed by atoms with Gasteiger partial charge in [-0.1, -0.05) is 6.92 Å². The smallest absolute Gasteiger partial charge is 0.0122 e. The molecule has 2 heteroatoms. The van der Waals surface area contributed by atoms with Gasteiger partial charge in [0.2, 0.25) is 0 Å². The van der Waals surface area contributed by atoms with E-state index < -0.39 is 0 Å². The molecular formula is C7H16N2. The van der Waals surface area contributed by atoms with Crippen LogP contribution < -0.4 is 5.73 Å². The van der Waals surface area contributed by atoms with Crippen LogP contribution in [0.3, 0.4) is 0 Å². The van der Waals surface area contributed by atoms with Gasteiger partial charge in [-0.25, -0.2) is 0 Å². The largest absolute Gasteiger partial charge is 0.329 e. The zero-order valence-corrected chi connectivity index (χ0v) is 6.30. The number of likely N-dealkylation sites (N-methyl/N-ethyl adjacent to an activating group) is 1. The van der Waals surface area contributed by atoms with Gasteiger partial charge in [-0.05, 0) is 19.4 Å². The predicted octanol–water partition coefficient (Wildman–Crippen LogP) is 0.285. The van der Waals surface area contributed by atoms with Gasteiger partial charge in [-0.15, -0.1) is 0 Å². The van der Waals surface area contributed by atoms with Crippen LogP contribution in [0.1, 0.15) is 13.3 Å². The van der Waals surface area contributed by atoms with Gasteiger partial charge in [-0.3, -0.25) is 0 Å². The van der Waals surface area contributed by atoms with E-state index in [2.05, 4.69) is 18.9 Å². The summed E-state index contributed by atoms with van der Waals surface area (Å²) in [6.45, 7) is 4.13. The predicted molar refractivity (Wildman–Crippen MR) is 39.3 cm³/mol. The Kier molecular flexibility index (Phi) is 2.09. The summed E-state index contributed by atoms with van der Waals surface area (Å²) in [5.74, 6) is 0.918. The molecule has 1 rings (SSSR count). The van der Waals surface area contributed by atoms with Crippen LogP contribution in [-0.4, -0.2) is 31.1 Å². The Hall–Kier alpha value is -0.0800. The molecule has 2 nitrogen and oxygen atoms in total. The van der Waals surface area contributed by atoms with Crippen molar-refractivity contribution in [1.29, 1.82) is 0 Å². The summed E-state index contributed by atoms with van der Waals surface area (Å²) in [5.41, 5.74) is 5.40. The molecule has 9 heavy (non-hydrogen) atoms. The van der Waals surface area contributed by atoms with Crippen LogP contribution in [0, 0.1) is 5.92 Å². The highest BCUT2D eigenvalue weighted by Gasteiger charge is 2.35. The Balaban J connectivity index is 2.11. The number of hydrogen-bond acceptors (Lipinski definition) is 2. The van der Waals surface area contributed by atoms with Gasteiger partial charge in [0.15, 0.2) is 0 Å². The molecule has 0 spiro atoms. The Bertz CT molecular complexity index is 92.9. The maximum Gasteiger partial charge on any atom is 0.0122 e. The molecule has 1 saturated carbocycles. The molecule has 1 fully saturated rings. The first-order valence-electron chi connectivity index (χ1n) is 3.66. The first kappa shape index (κ1) is 7.03. The Morgan fingerprint density at radius 3 is 2.56 bits per heavy atom. The zero-order chi connectivity index (χ0) is 6.85. The SMILES string of the molecule is C[C@@H]1CC1N(C)CCN. The summed E-state index contributed by atoms with van der Waals surface area (Å²) in [6.07, 6.45) is 1.37. The van der Waals surface area contributed by atoms with E-state index >= 15 is 0 Å². The molecule has 0 amide bonds. The summed E-state index contributed by atoms with van der Waals surface area (Å²) in [6, 6.07) is 0.841. The topological polar surface area (TPSA) is 29.3 Å². The molecule has 54 valence electrons. The number of hydrogen-bond donors (Lipinski definition) is 1. The summed E-state index contributed by atoms with van der Waals surface area (Å²) in [5, 5.41) is 0. The normalized spacial score (nSPS) is 33.3.